The van der Waals surface area contributed by atoms with E-state index in [1.807, 2.05) is 36.1 Å². The summed E-state index contributed by atoms with van der Waals surface area (Å²) in [5.74, 6) is -0.800. The van der Waals surface area contributed by atoms with Gasteiger partial charge in [-0.15, -0.1) is 0 Å². The lowest BCUT2D eigenvalue weighted by Gasteiger charge is -2.43. The van der Waals surface area contributed by atoms with Crippen molar-refractivity contribution in [2.75, 3.05) is 9.80 Å². The molecule has 1 saturated heterocycles. The van der Waals surface area contributed by atoms with E-state index >= 15 is 0 Å². The van der Waals surface area contributed by atoms with Gasteiger partial charge in [0.25, 0.3) is 5.91 Å². The number of carbonyl (C=O) groups is 1. The van der Waals surface area contributed by atoms with E-state index in [2.05, 4.69) is 0 Å². The Morgan fingerprint density at radius 1 is 1.16 bits per heavy atom. The largest absolute Gasteiger partial charge is 0.303 e. The normalized spacial score (nSPS) is 18.8. The van der Waals surface area contributed by atoms with Crippen LogP contribution in [0.2, 0.25) is 5.02 Å². The Hall–Kier alpha value is -1.98. The fourth-order valence-corrected chi connectivity index (χ4v) is 4.18. The first-order chi connectivity index (χ1) is 12.0. The third kappa shape index (κ3) is 2.29. The fraction of sp³-hybridized carbons (Fsp3) is 0.263. The molecule has 1 heterocycles. The van der Waals surface area contributed by atoms with Crippen molar-refractivity contribution in [1.29, 1.82) is 0 Å². The molecule has 1 spiro atoms. The molecule has 0 bridgehead atoms. The summed E-state index contributed by atoms with van der Waals surface area (Å²) in [7, 11) is 0. The summed E-state index contributed by atoms with van der Waals surface area (Å²) in [5, 5.41) is 0.277. The molecule has 1 amide bonds. The maximum absolute atomic E-state index is 14.6. The second-order valence-electron chi connectivity index (χ2n) is 6.55. The van der Waals surface area contributed by atoms with Gasteiger partial charge in [-0.25, -0.2) is 4.39 Å². The van der Waals surface area contributed by atoms with Gasteiger partial charge in [-0.3, -0.25) is 9.69 Å². The Bertz CT molecular complexity index is 879. The maximum atomic E-state index is 14.6. The van der Waals surface area contributed by atoms with Gasteiger partial charge >= 0.3 is 0 Å². The van der Waals surface area contributed by atoms with Crippen molar-refractivity contribution >= 4 is 46.2 Å². The molecule has 4 rings (SSSR count). The van der Waals surface area contributed by atoms with E-state index in [9.17, 15) is 9.18 Å². The summed E-state index contributed by atoms with van der Waals surface area (Å²) in [6.45, 7) is 2.00. The van der Waals surface area contributed by atoms with E-state index in [0.717, 1.165) is 17.7 Å². The van der Waals surface area contributed by atoms with Gasteiger partial charge in [-0.1, -0.05) is 35.4 Å². The zero-order valence-electron chi connectivity index (χ0n) is 13.6. The molecular formula is C19H16ClFN2OS. The van der Waals surface area contributed by atoms with Crippen LogP contribution in [0.25, 0.3) is 0 Å². The number of rotatable bonds is 2. The summed E-state index contributed by atoms with van der Waals surface area (Å²) < 4.78 is 14.6. The molecule has 0 N–H and O–H groups in total. The van der Waals surface area contributed by atoms with Gasteiger partial charge in [-0.2, -0.15) is 0 Å². The minimum atomic E-state index is -0.707. The van der Waals surface area contributed by atoms with Crippen LogP contribution >= 0.6 is 23.8 Å². The second kappa shape index (κ2) is 5.78. The zero-order valence-corrected chi connectivity index (χ0v) is 15.2. The van der Waals surface area contributed by atoms with Crippen molar-refractivity contribution in [2.45, 2.75) is 31.7 Å². The molecule has 6 heteroatoms. The van der Waals surface area contributed by atoms with Crippen LogP contribution in [0.3, 0.4) is 0 Å². The summed E-state index contributed by atoms with van der Waals surface area (Å²) >= 11 is 11.5. The summed E-state index contributed by atoms with van der Waals surface area (Å²) in [5.41, 5.74) is 1.39. The number of aryl methyl sites for hydroxylation is 1. The summed E-state index contributed by atoms with van der Waals surface area (Å²) in [6.07, 6.45) is 2.36. The highest BCUT2D eigenvalue weighted by Crippen LogP contribution is 2.48. The van der Waals surface area contributed by atoms with Crippen LogP contribution < -0.4 is 9.80 Å². The highest BCUT2D eigenvalue weighted by molar-refractivity contribution is 7.81. The maximum Gasteiger partial charge on any atom is 0.259 e. The first-order valence-electron chi connectivity index (χ1n) is 8.15. The van der Waals surface area contributed by atoms with E-state index in [4.69, 9.17) is 23.8 Å². The minimum Gasteiger partial charge on any atom is -0.303 e. The summed E-state index contributed by atoms with van der Waals surface area (Å²) in [4.78, 5) is 16.4. The fourth-order valence-electron chi connectivity index (χ4n) is 3.55. The minimum absolute atomic E-state index is 0.0236. The van der Waals surface area contributed by atoms with Crippen molar-refractivity contribution in [3.05, 3.63) is 58.9 Å². The van der Waals surface area contributed by atoms with Gasteiger partial charge in [0.1, 0.15) is 5.54 Å². The van der Waals surface area contributed by atoms with Crippen LogP contribution in [0.15, 0.2) is 42.5 Å². The van der Waals surface area contributed by atoms with Gasteiger partial charge in [0.05, 0.1) is 10.7 Å². The Morgan fingerprint density at radius 3 is 2.44 bits per heavy atom. The number of benzene rings is 2. The predicted octanol–water partition coefficient (Wildman–Crippen LogP) is 4.85. The Morgan fingerprint density at radius 2 is 1.84 bits per heavy atom. The van der Waals surface area contributed by atoms with Crippen molar-refractivity contribution in [3.63, 3.8) is 0 Å². The lowest BCUT2D eigenvalue weighted by atomic mass is 9.75. The Balaban J connectivity index is 1.84. The van der Waals surface area contributed by atoms with Crippen LogP contribution in [0.5, 0.6) is 0 Å². The van der Waals surface area contributed by atoms with Crippen LogP contribution in [0, 0.1) is 12.7 Å². The third-order valence-electron chi connectivity index (χ3n) is 5.06. The molecule has 0 unspecified atom stereocenters. The van der Waals surface area contributed by atoms with E-state index in [-0.39, 0.29) is 16.6 Å². The zero-order chi connectivity index (χ0) is 17.8. The molecule has 0 atom stereocenters. The van der Waals surface area contributed by atoms with Gasteiger partial charge in [-0.05, 0) is 62.7 Å². The molecule has 2 aromatic rings. The second-order valence-corrected chi connectivity index (χ2v) is 7.32. The monoisotopic (exact) mass is 374 g/mol. The Labute approximate surface area is 156 Å². The molecule has 128 valence electrons. The molecule has 2 aromatic carbocycles. The molecule has 25 heavy (non-hydrogen) atoms. The highest BCUT2D eigenvalue weighted by atomic mass is 35.5. The third-order valence-corrected chi connectivity index (χ3v) is 5.71. The summed E-state index contributed by atoms with van der Waals surface area (Å²) in [6, 6.07) is 12.5. The average molecular weight is 375 g/mol. The number of carbonyl (C=O) groups excluding carboxylic acids is 1. The highest BCUT2D eigenvalue weighted by Gasteiger charge is 2.59. The van der Waals surface area contributed by atoms with Crippen LogP contribution in [-0.4, -0.2) is 16.6 Å². The number of hydrogen-bond acceptors (Lipinski definition) is 2. The SMILES string of the molecule is Cc1ccc(N2C(=S)N(c3cccc(Cl)c3F)C(=O)C23CCC3)cc1. The van der Waals surface area contributed by atoms with E-state index < -0.39 is 11.4 Å². The van der Waals surface area contributed by atoms with E-state index in [1.165, 1.54) is 17.0 Å². The van der Waals surface area contributed by atoms with E-state index in [0.29, 0.717) is 18.0 Å². The van der Waals surface area contributed by atoms with Crippen molar-refractivity contribution in [2.24, 2.45) is 0 Å². The van der Waals surface area contributed by atoms with E-state index in [1.54, 1.807) is 6.07 Å². The molecule has 1 aliphatic carbocycles. The molecule has 0 aromatic heterocycles. The topological polar surface area (TPSA) is 23.6 Å². The average Bonchev–Trinajstić information content (AvgIpc) is 2.79. The molecule has 0 radical (unpaired) electrons. The van der Waals surface area contributed by atoms with Crippen LogP contribution in [-0.2, 0) is 4.79 Å². The first kappa shape index (κ1) is 16.5. The number of amides is 1. The number of anilines is 2. The molecule has 2 aliphatic rings. The van der Waals surface area contributed by atoms with Crippen LogP contribution in [0.4, 0.5) is 15.8 Å². The molecule has 1 aliphatic heterocycles. The number of nitrogens with zero attached hydrogens (tertiary/aromatic N) is 2. The molecule has 1 saturated carbocycles. The van der Waals surface area contributed by atoms with Crippen molar-refractivity contribution in [1.82, 2.24) is 0 Å². The molecular weight excluding hydrogens is 359 g/mol. The Kier molecular flexibility index (Phi) is 3.81. The van der Waals surface area contributed by atoms with Gasteiger partial charge in [0.2, 0.25) is 0 Å². The van der Waals surface area contributed by atoms with Crippen molar-refractivity contribution in [3.8, 4) is 0 Å². The van der Waals surface area contributed by atoms with Crippen LogP contribution in [0.1, 0.15) is 24.8 Å². The lowest BCUT2D eigenvalue weighted by Crippen LogP contribution is -2.55. The van der Waals surface area contributed by atoms with Gasteiger partial charge in [0, 0.05) is 5.69 Å². The number of thiocarbonyl (C=S) groups is 1. The molecule has 2 fully saturated rings. The van der Waals surface area contributed by atoms with Gasteiger partial charge < -0.3 is 4.90 Å². The predicted molar refractivity (Wildman–Crippen MR) is 102 cm³/mol. The van der Waals surface area contributed by atoms with Gasteiger partial charge in [0.15, 0.2) is 10.9 Å². The number of halogens is 2. The number of hydrogen-bond donors (Lipinski definition) is 0. The molecule has 3 nitrogen and oxygen atoms in total. The van der Waals surface area contributed by atoms with Crippen molar-refractivity contribution < 1.29 is 9.18 Å². The standard InChI is InChI=1S/C19H16ClFN2OS/c1-12-6-8-13(9-7-12)23-18(25)22(17(24)19(23)10-3-11-19)15-5-2-4-14(20)16(15)21/h2,4-9H,3,10-11H2,1H3. The first-order valence-corrected chi connectivity index (χ1v) is 8.94. The quantitative estimate of drug-likeness (QED) is 0.702. The smallest absolute Gasteiger partial charge is 0.259 e. The lowest BCUT2D eigenvalue weighted by molar-refractivity contribution is -0.123.